The summed E-state index contributed by atoms with van der Waals surface area (Å²) in [5.41, 5.74) is 1.53. The van der Waals surface area contributed by atoms with Gasteiger partial charge in [-0.15, -0.1) is 0 Å². The Kier molecular flexibility index (Phi) is 13.2. The molecule has 0 aliphatic rings. The van der Waals surface area contributed by atoms with Gasteiger partial charge in [0.2, 0.25) is 0 Å². The molecule has 1 heterocycles. The van der Waals surface area contributed by atoms with Gasteiger partial charge in [0.15, 0.2) is 5.75 Å². The van der Waals surface area contributed by atoms with Gasteiger partial charge in [-0.05, 0) is 13.3 Å². The highest BCUT2D eigenvalue weighted by Crippen LogP contribution is 2.28. The molecule has 0 saturated carbocycles. The fourth-order valence-corrected chi connectivity index (χ4v) is 3.19. The normalized spacial score (nSPS) is 10.6. The van der Waals surface area contributed by atoms with Crippen molar-refractivity contribution in [2.45, 2.75) is 105 Å². The maximum absolute atomic E-state index is 12.4. The van der Waals surface area contributed by atoms with E-state index in [9.17, 15) is 14.4 Å². The Morgan fingerprint density at radius 1 is 0.839 bits per heavy atom. The Hall–Kier alpha value is -2.44. The molecule has 0 N–H and O–H groups in total. The molecule has 0 spiro atoms. The Bertz CT molecular complexity index is 716. The zero-order chi connectivity index (χ0) is 23.1. The first-order chi connectivity index (χ1) is 14.8. The number of hydrogen-bond donors (Lipinski definition) is 0. The van der Waals surface area contributed by atoms with Crippen molar-refractivity contribution in [1.29, 1.82) is 0 Å². The smallest absolute Gasteiger partial charge is 0.311 e. The van der Waals surface area contributed by atoms with E-state index in [4.69, 9.17) is 14.2 Å². The van der Waals surface area contributed by atoms with E-state index in [-0.39, 0.29) is 24.9 Å². The third-order valence-electron chi connectivity index (χ3n) is 4.96. The SMILES string of the molecule is CCCCCCCCCCCC(=O)Oc1c(C)ncc(COC(C)=O)c1COC(C)=O. The summed E-state index contributed by atoms with van der Waals surface area (Å²) in [6.07, 6.45) is 12.4. The zero-order valence-electron chi connectivity index (χ0n) is 19.5. The highest BCUT2D eigenvalue weighted by molar-refractivity contribution is 5.73. The van der Waals surface area contributed by atoms with E-state index in [0.29, 0.717) is 23.2 Å². The molecule has 0 unspecified atom stereocenters. The molecule has 0 radical (unpaired) electrons. The summed E-state index contributed by atoms with van der Waals surface area (Å²) in [6, 6.07) is 0. The van der Waals surface area contributed by atoms with Crippen molar-refractivity contribution in [2.24, 2.45) is 0 Å². The van der Waals surface area contributed by atoms with Crippen LogP contribution < -0.4 is 4.74 Å². The molecule has 174 valence electrons. The fraction of sp³-hybridized carbons (Fsp3) is 0.667. The van der Waals surface area contributed by atoms with Gasteiger partial charge in [-0.1, -0.05) is 58.3 Å². The molecular formula is C24H37NO6. The van der Waals surface area contributed by atoms with E-state index in [2.05, 4.69) is 11.9 Å². The van der Waals surface area contributed by atoms with Crippen molar-refractivity contribution < 1.29 is 28.6 Å². The van der Waals surface area contributed by atoms with Crippen LogP contribution in [0.3, 0.4) is 0 Å². The van der Waals surface area contributed by atoms with Gasteiger partial charge in [0.05, 0.1) is 5.69 Å². The maximum Gasteiger partial charge on any atom is 0.311 e. The summed E-state index contributed by atoms with van der Waals surface area (Å²) >= 11 is 0. The number of aryl methyl sites for hydroxylation is 1. The number of nitrogens with zero attached hydrogens (tertiary/aromatic N) is 1. The Morgan fingerprint density at radius 3 is 1.97 bits per heavy atom. The molecule has 1 aromatic rings. The molecule has 0 aromatic carbocycles. The van der Waals surface area contributed by atoms with Gasteiger partial charge < -0.3 is 14.2 Å². The van der Waals surface area contributed by atoms with Crippen LogP contribution in [0, 0.1) is 6.92 Å². The topological polar surface area (TPSA) is 91.8 Å². The van der Waals surface area contributed by atoms with Gasteiger partial charge in [0, 0.05) is 37.6 Å². The van der Waals surface area contributed by atoms with Crippen molar-refractivity contribution in [3.63, 3.8) is 0 Å². The van der Waals surface area contributed by atoms with E-state index in [1.807, 2.05) is 0 Å². The van der Waals surface area contributed by atoms with Crippen LogP contribution in [0.2, 0.25) is 0 Å². The average molecular weight is 436 g/mol. The highest BCUT2D eigenvalue weighted by Gasteiger charge is 2.19. The second-order valence-electron chi connectivity index (χ2n) is 7.79. The summed E-state index contributed by atoms with van der Waals surface area (Å²) < 4.78 is 15.8. The third kappa shape index (κ3) is 11.5. The molecule has 0 atom stereocenters. The van der Waals surface area contributed by atoms with Crippen LogP contribution >= 0.6 is 0 Å². The number of hydrogen-bond acceptors (Lipinski definition) is 7. The first-order valence-corrected chi connectivity index (χ1v) is 11.3. The van der Waals surface area contributed by atoms with Crippen LogP contribution in [0.1, 0.15) is 102 Å². The first-order valence-electron chi connectivity index (χ1n) is 11.3. The van der Waals surface area contributed by atoms with Crippen molar-refractivity contribution >= 4 is 17.9 Å². The monoisotopic (exact) mass is 435 g/mol. The van der Waals surface area contributed by atoms with Gasteiger partial charge in [-0.2, -0.15) is 0 Å². The van der Waals surface area contributed by atoms with Crippen LogP contribution in [-0.2, 0) is 37.1 Å². The third-order valence-corrected chi connectivity index (χ3v) is 4.96. The average Bonchev–Trinajstić information content (AvgIpc) is 2.71. The summed E-state index contributed by atoms with van der Waals surface area (Å²) in [6.45, 7) is 6.41. The number of rotatable bonds is 15. The Balaban J connectivity index is 2.62. The largest absolute Gasteiger partial charge is 0.461 e. The first kappa shape index (κ1) is 26.6. The van der Waals surface area contributed by atoms with Gasteiger partial charge in [0.1, 0.15) is 13.2 Å². The molecular weight excluding hydrogens is 398 g/mol. The van der Waals surface area contributed by atoms with Crippen LogP contribution in [0.15, 0.2) is 6.20 Å². The van der Waals surface area contributed by atoms with Crippen LogP contribution in [0.25, 0.3) is 0 Å². The standard InChI is InChI=1S/C24H37NO6/c1-5-6-7-8-9-10-11-12-13-14-23(28)31-24-18(2)25-15-21(16-29-19(3)26)22(24)17-30-20(4)27/h15H,5-14,16-17H2,1-4H3. The lowest BCUT2D eigenvalue weighted by atomic mass is 10.1. The summed E-state index contributed by atoms with van der Waals surface area (Å²) in [7, 11) is 0. The number of pyridine rings is 1. The van der Waals surface area contributed by atoms with E-state index in [0.717, 1.165) is 19.3 Å². The van der Waals surface area contributed by atoms with Crippen molar-refractivity contribution in [3.8, 4) is 5.75 Å². The second-order valence-corrected chi connectivity index (χ2v) is 7.79. The summed E-state index contributed by atoms with van der Waals surface area (Å²) in [5.74, 6) is -0.976. The molecule has 0 amide bonds. The summed E-state index contributed by atoms with van der Waals surface area (Å²) in [5, 5.41) is 0. The van der Waals surface area contributed by atoms with Gasteiger partial charge >= 0.3 is 17.9 Å². The second kappa shape index (κ2) is 15.4. The number of carbonyl (C=O) groups excluding carboxylic acids is 3. The van der Waals surface area contributed by atoms with Crippen LogP contribution in [0.4, 0.5) is 0 Å². The quantitative estimate of drug-likeness (QED) is 0.271. The van der Waals surface area contributed by atoms with Crippen molar-refractivity contribution in [2.75, 3.05) is 0 Å². The lowest BCUT2D eigenvalue weighted by molar-refractivity contribution is -0.144. The Labute approximate surface area is 185 Å². The molecule has 0 saturated heterocycles. The van der Waals surface area contributed by atoms with Crippen molar-refractivity contribution in [1.82, 2.24) is 4.98 Å². The molecule has 7 heteroatoms. The van der Waals surface area contributed by atoms with Gasteiger partial charge in [0.25, 0.3) is 0 Å². The van der Waals surface area contributed by atoms with E-state index in [1.54, 1.807) is 6.92 Å². The molecule has 31 heavy (non-hydrogen) atoms. The molecule has 7 nitrogen and oxygen atoms in total. The molecule has 1 rings (SSSR count). The molecule has 1 aromatic heterocycles. The molecule has 0 bridgehead atoms. The van der Waals surface area contributed by atoms with E-state index in [1.165, 1.54) is 58.6 Å². The number of unbranched alkanes of at least 4 members (excludes halogenated alkanes) is 8. The zero-order valence-corrected chi connectivity index (χ0v) is 19.5. The minimum Gasteiger partial charge on any atom is -0.461 e. The Morgan fingerprint density at radius 2 is 1.39 bits per heavy atom. The van der Waals surface area contributed by atoms with Crippen molar-refractivity contribution in [3.05, 3.63) is 23.0 Å². The number of esters is 3. The van der Waals surface area contributed by atoms with E-state index >= 15 is 0 Å². The minimum absolute atomic E-state index is 0.0397. The van der Waals surface area contributed by atoms with Gasteiger partial charge in [-0.3, -0.25) is 19.4 Å². The lowest BCUT2D eigenvalue weighted by Gasteiger charge is -2.16. The summed E-state index contributed by atoms with van der Waals surface area (Å²) in [4.78, 5) is 39.1. The van der Waals surface area contributed by atoms with Crippen LogP contribution in [-0.4, -0.2) is 22.9 Å². The van der Waals surface area contributed by atoms with Gasteiger partial charge in [-0.25, -0.2) is 0 Å². The number of aromatic nitrogens is 1. The maximum atomic E-state index is 12.4. The number of ether oxygens (including phenoxy) is 3. The molecule has 0 aliphatic heterocycles. The lowest BCUT2D eigenvalue weighted by Crippen LogP contribution is -2.14. The predicted molar refractivity (Wildman–Crippen MR) is 117 cm³/mol. The fourth-order valence-electron chi connectivity index (χ4n) is 3.19. The highest BCUT2D eigenvalue weighted by atomic mass is 16.5. The molecule has 0 fully saturated rings. The van der Waals surface area contributed by atoms with Crippen LogP contribution in [0.5, 0.6) is 5.75 Å². The predicted octanol–water partition coefficient (Wildman–Crippen LogP) is 5.34. The van der Waals surface area contributed by atoms with E-state index < -0.39 is 11.9 Å². The molecule has 0 aliphatic carbocycles. The number of carbonyl (C=O) groups is 3. The minimum atomic E-state index is -0.458.